The van der Waals surface area contributed by atoms with Crippen LogP contribution in [0, 0.1) is 34.5 Å². The molecule has 188 valence electrons. The summed E-state index contributed by atoms with van der Waals surface area (Å²) >= 11 is 0. The molecule has 3 aromatic rings. The van der Waals surface area contributed by atoms with Gasteiger partial charge in [0.05, 0.1) is 6.42 Å². The van der Waals surface area contributed by atoms with E-state index in [1.807, 2.05) is 60.7 Å². The highest BCUT2D eigenvalue weighted by atomic mass is 16.5. The number of hydrogen-bond acceptors (Lipinski definition) is 5. The van der Waals surface area contributed by atoms with Gasteiger partial charge >= 0.3 is 5.97 Å². The van der Waals surface area contributed by atoms with E-state index in [2.05, 4.69) is 11.4 Å². The summed E-state index contributed by atoms with van der Waals surface area (Å²) in [4.78, 5) is 25.5. The largest absolute Gasteiger partial charge is 0.456 e. The maximum Gasteiger partial charge on any atom is 0.306 e. The SMILES string of the molecule is N#Cc1c(NC(=O)COC(=O)CC23CC4CC(CC(C4)C2)C3)oc(-c2ccccc2)c1-c1ccccc1. The van der Waals surface area contributed by atoms with E-state index in [-0.39, 0.29) is 22.8 Å². The number of benzene rings is 2. The molecule has 4 aliphatic carbocycles. The third-order valence-corrected chi connectivity index (χ3v) is 8.42. The van der Waals surface area contributed by atoms with E-state index in [1.54, 1.807) is 0 Å². The average molecular weight is 495 g/mol. The highest BCUT2D eigenvalue weighted by Crippen LogP contribution is 2.61. The highest BCUT2D eigenvalue weighted by molar-refractivity contribution is 5.96. The first kappa shape index (κ1) is 23.5. The molecule has 6 nitrogen and oxygen atoms in total. The van der Waals surface area contributed by atoms with Gasteiger partial charge < -0.3 is 9.15 Å². The van der Waals surface area contributed by atoms with Crippen LogP contribution in [0.25, 0.3) is 22.5 Å². The zero-order valence-electron chi connectivity index (χ0n) is 20.7. The number of esters is 1. The van der Waals surface area contributed by atoms with Crippen molar-refractivity contribution in [1.82, 2.24) is 0 Å². The molecule has 0 saturated heterocycles. The minimum absolute atomic E-state index is 0.0577. The molecule has 0 aliphatic heterocycles. The van der Waals surface area contributed by atoms with Crippen LogP contribution in [0.4, 0.5) is 5.88 Å². The zero-order chi connectivity index (χ0) is 25.4. The summed E-state index contributed by atoms with van der Waals surface area (Å²) in [5, 5.41) is 12.7. The Morgan fingerprint density at radius 3 is 2.05 bits per heavy atom. The van der Waals surface area contributed by atoms with Crippen LogP contribution >= 0.6 is 0 Å². The average Bonchev–Trinajstić information content (AvgIpc) is 3.25. The number of rotatable bonds is 7. The summed E-state index contributed by atoms with van der Waals surface area (Å²) in [5.41, 5.74) is 2.51. The lowest BCUT2D eigenvalue weighted by molar-refractivity contribution is -0.154. The molecular formula is C31H30N2O4. The summed E-state index contributed by atoms with van der Waals surface area (Å²) in [6.07, 6.45) is 7.68. The minimum atomic E-state index is -0.525. The lowest BCUT2D eigenvalue weighted by Crippen LogP contribution is -2.47. The van der Waals surface area contributed by atoms with Crippen molar-refractivity contribution >= 4 is 17.8 Å². The molecule has 1 amide bonds. The number of amides is 1. The summed E-state index contributed by atoms with van der Waals surface area (Å²) < 4.78 is 11.5. The smallest absolute Gasteiger partial charge is 0.306 e. The molecule has 1 aromatic heterocycles. The number of furan rings is 1. The molecule has 0 spiro atoms. The van der Waals surface area contributed by atoms with Crippen molar-refractivity contribution in [3.8, 4) is 28.5 Å². The summed E-state index contributed by atoms with van der Waals surface area (Å²) in [6.45, 7) is -0.405. The quantitative estimate of drug-likeness (QED) is 0.375. The minimum Gasteiger partial charge on any atom is -0.456 e. The maximum absolute atomic E-state index is 12.8. The fraction of sp³-hybridized carbons (Fsp3) is 0.387. The predicted molar refractivity (Wildman–Crippen MR) is 139 cm³/mol. The van der Waals surface area contributed by atoms with Gasteiger partial charge in [-0.2, -0.15) is 5.26 Å². The van der Waals surface area contributed by atoms with Gasteiger partial charge in [-0.15, -0.1) is 0 Å². The molecule has 1 N–H and O–H groups in total. The normalized spacial score (nSPS) is 25.4. The fourth-order valence-electron chi connectivity index (χ4n) is 7.47. The van der Waals surface area contributed by atoms with Crippen LogP contribution < -0.4 is 5.32 Å². The Balaban J connectivity index is 1.16. The Kier molecular flexibility index (Phi) is 6.08. The van der Waals surface area contributed by atoms with Gasteiger partial charge in [0, 0.05) is 11.1 Å². The van der Waals surface area contributed by atoms with Crippen LogP contribution in [-0.2, 0) is 14.3 Å². The number of hydrogen-bond donors (Lipinski definition) is 1. The van der Waals surface area contributed by atoms with Crippen LogP contribution in [0.5, 0.6) is 0 Å². The Hall–Kier alpha value is -3.85. The van der Waals surface area contributed by atoms with Crippen LogP contribution in [0.3, 0.4) is 0 Å². The van der Waals surface area contributed by atoms with Crippen molar-refractivity contribution in [3.63, 3.8) is 0 Å². The number of anilines is 1. The summed E-state index contributed by atoms with van der Waals surface area (Å²) in [7, 11) is 0. The Bertz CT molecular complexity index is 1320. The van der Waals surface area contributed by atoms with Crippen LogP contribution in [0.2, 0.25) is 0 Å². The summed E-state index contributed by atoms with van der Waals surface area (Å²) in [5.74, 6) is 1.98. The van der Waals surface area contributed by atoms with Gasteiger partial charge in [-0.25, -0.2) is 0 Å². The molecule has 2 aromatic carbocycles. The molecule has 0 atom stereocenters. The van der Waals surface area contributed by atoms with Crippen LogP contribution in [0.1, 0.15) is 50.5 Å². The second kappa shape index (κ2) is 9.55. The molecule has 4 saturated carbocycles. The van der Waals surface area contributed by atoms with Crippen molar-refractivity contribution in [2.75, 3.05) is 11.9 Å². The van der Waals surface area contributed by atoms with E-state index in [0.717, 1.165) is 48.1 Å². The molecule has 7 rings (SSSR count). The first-order chi connectivity index (χ1) is 18.0. The van der Waals surface area contributed by atoms with Gasteiger partial charge in [0.15, 0.2) is 6.61 Å². The van der Waals surface area contributed by atoms with Crippen molar-refractivity contribution < 1.29 is 18.7 Å². The van der Waals surface area contributed by atoms with Gasteiger partial charge in [-0.05, 0) is 67.3 Å². The van der Waals surface area contributed by atoms with Gasteiger partial charge in [-0.3, -0.25) is 14.9 Å². The monoisotopic (exact) mass is 494 g/mol. The standard InChI is InChI=1S/C31H30N2O4/c32-18-25-28(23-7-3-1-4-8-23)29(24-9-5-2-6-10-24)37-30(25)33-26(34)19-36-27(35)17-31-14-20-11-21(15-31)13-22(12-20)16-31/h1-10,20-22H,11-17,19H2,(H,33,34). The van der Waals surface area contributed by atoms with Crippen molar-refractivity contribution in [2.45, 2.75) is 44.9 Å². The van der Waals surface area contributed by atoms with Crippen molar-refractivity contribution in [2.24, 2.45) is 23.2 Å². The Morgan fingerprint density at radius 2 is 1.49 bits per heavy atom. The Labute approximate surface area is 216 Å². The highest BCUT2D eigenvalue weighted by Gasteiger charge is 2.51. The van der Waals surface area contributed by atoms with E-state index in [9.17, 15) is 14.9 Å². The molecule has 37 heavy (non-hydrogen) atoms. The number of nitrogens with one attached hydrogen (secondary N) is 1. The molecule has 0 unspecified atom stereocenters. The second-order valence-electron chi connectivity index (χ2n) is 11.2. The third-order valence-electron chi connectivity index (χ3n) is 8.42. The molecule has 4 aliphatic rings. The molecule has 1 heterocycles. The topological polar surface area (TPSA) is 92.3 Å². The van der Waals surface area contributed by atoms with E-state index in [4.69, 9.17) is 9.15 Å². The molecule has 4 fully saturated rings. The number of carbonyl (C=O) groups excluding carboxylic acids is 2. The Morgan fingerprint density at radius 1 is 0.919 bits per heavy atom. The van der Waals surface area contributed by atoms with E-state index >= 15 is 0 Å². The first-order valence-corrected chi connectivity index (χ1v) is 13.1. The number of nitriles is 1. The van der Waals surface area contributed by atoms with Crippen LogP contribution in [0.15, 0.2) is 65.1 Å². The number of ether oxygens (including phenoxy) is 1. The van der Waals surface area contributed by atoms with Crippen molar-refractivity contribution in [1.29, 1.82) is 5.26 Å². The maximum atomic E-state index is 12.8. The predicted octanol–water partition coefficient (Wildman–Crippen LogP) is 6.57. The van der Waals surface area contributed by atoms with Crippen LogP contribution in [-0.4, -0.2) is 18.5 Å². The molecule has 4 bridgehead atoms. The van der Waals surface area contributed by atoms with E-state index < -0.39 is 12.5 Å². The fourth-order valence-corrected chi connectivity index (χ4v) is 7.47. The number of nitrogens with zero attached hydrogens (tertiary/aromatic N) is 1. The first-order valence-electron chi connectivity index (χ1n) is 13.1. The third kappa shape index (κ3) is 4.67. The lowest BCUT2D eigenvalue weighted by Gasteiger charge is -2.56. The molecule has 0 radical (unpaired) electrons. The van der Waals surface area contributed by atoms with Gasteiger partial charge in [0.1, 0.15) is 17.4 Å². The lowest BCUT2D eigenvalue weighted by atomic mass is 9.49. The van der Waals surface area contributed by atoms with Gasteiger partial charge in [0.2, 0.25) is 5.88 Å². The summed E-state index contributed by atoms with van der Waals surface area (Å²) in [6, 6.07) is 21.1. The zero-order valence-corrected chi connectivity index (χ0v) is 20.7. The molecule has 6 heteroatoms. The van der Waals surface area contributed by atoms with E-state index in [1.165, 1.54) is 19.3 Å². The molecular weight excluding hydrogens is 464 g/mol. The van der Waals surface area contributed by atoms with E-state index in [0.29, 0.717) is 17.7 Å². The second-order valence-corrected chi connectivity index (χ2v) is 11.2. The van der Waals surface area contributed by atoms with Gasteiger partial charge in [-0.1, -0.05) is 60.7 Å². The van der Waals surface area contributed by atoms with Crippen molar-refractivity contribution in [3.05, 3.63) is 66.2 Å². The van der Waals surface area contributed by atoms with Gasteiger partial charge in [0.25, 0.3) is 5.91 Å². The number of carbonyl (C=O) groups is 2.